The van der Waals surface area contributed by atoms with Gasteiger partial charge in [-0.15, -0.1) is 0 Å². The van der Waals surface area contributed by atoms with Crippen molar-refractivity contribution in [1.29, 1.82) is 5.41 Å². The van der Waals surface area contributed by atoms with E-state index in [0.717, 1.165) is 22.3 Å². The smallest absolute Gasteiger partial charge is 0.311 e. The fourth-order valence-corrected chi connectivity index (χ4v) is 4.16. The molecule has 1 aliphatic rings. The third-order valence-corrected chi connectivity index (χ3v) is 5.95. The van der Waals surface area contributed by atoms with E-state index in [-0.39, 0.29) is 11.7 Å². The van der Waals surface area contributed by atoms with E-state index < -0.39 is 17.9 Å². The lowest BCUT2D eigenvalue weighted by Crippen LogP contribution is -2.42. The van der Waals surface area contributed by atoms with E-state index in [1.54, 1.807) is 31.2 Å². The van der Waals surface area contributed by atoms with Crippen LogP contribution in [0, 0.1) is 11.3 Å². The number of ether oxygens (including phenoxy) is 1. The molecule has 0 saturated heterocycles. The Morgan fingerprint density at radius 3 is 2.31 bits per heavy atom. The summed E-state index contributed by atoms with van der Waals surface area (Å²) < 4.78 is 5.00. The van der Waals surface area contributed by atoms with Gasteiger partial charge in [-0.05, 0) is 59.4 Å². The predicted octanol–water partition coefficient (Wildman–Crippen LogP) is 3.77. The molecule has 0 aliphatic heterocycles. The maximum Gasteiger partial charge on any atom is 0.311 e. The first-order valence-electron chi connectivity index (χ1n) is 10.4. The monoisotopic (exact) mass is 427 g/mol. The lowest BCUT2D eigenvalue weighted by molar-refractivity contribution is -0.146. The van der Waals surface area contributed by atoms with Gasteiger partial charge in [-0.25, -0.2) is 0 Å². The number of methoxy groups -OCH3 is 1. The summed E-state index contributed by atoms with van der Waals surface area (Å²) in [5, 5.41) is 10.6. The number of carbonyl (C=O) groups excluding carboxylic acids is 2. The number of fused-ring (bicyclic) bond motifs is 4. The molecule has 162 valence electrons. The highest BCUT2D eigenvalue weighted by atomic mass is 16.5. The van der Waals surface area contributed by atoms with Crippen LogP contribution in [-0.2, 0) is 16.0 Å². The number of nitrogens with two attached hydrogens (primary N) is 1. The van der Waals surface area contributed by atoms with Gasteiger partial charge in [0.05, 0.1) is 13.0 Å². The van der Waals surface area contributed by atoms with Crippen LogP contribution in [0.1, 0.15) is 28.4 Å². The summed E-state index contributed by atoms with van der Waals surface area (Å²) in [4.78, 5) is 25.5. The minimum Gasteiger partial charge on any atom is -0.469 e. The van der Waals surface area contributed by atoms with E-state index in [9.17, 15) is 9.59 Å². The molecule has 4 N–H and O–H groups in total. The van der Waals surface area contributed by atoms with Gasteiger partial charge in [0.1, 0.15) is 5.84 Å². The largest absolute Gasteiger partial charge is 0.469 e. The van der Waals surface area contributed by atoms with E-state index in [4.69, 9.17) is 15.9 Å². The number of hydrogen-bond acceptors (Lipinski definition) is 4. The number of amidine groups is 1. The van der Waals surface area contributed by atoms with Crippen molar-refractivity contribution >= 4 is 17.7 Å². The van der Waals surface area contributed by atoms with Crippen molar-refractivity contribution in [3.05, 3.63) is 83.4 Å². The number of hydrogen-bond donors (Lipinski definition) is 3. The molecule has 3 aromatic carbocycles. The van der Waals surface area contributed by atoms with Crippen molar-refractivity contribution in [2.75, 3.05) is 7.11 Å². The van der Waals surface area contributed by atoms with Gasteiger partial charge in [-0.3, -0.25) is 15.0 Å². The van der Waals surface area contributed by atoms with Crippen LogP contribution in [0.5, 0.6) is 0 Å². The Hall–Kier alpha value is -3.93. The van der Waals surface area contributed by atoms with Crippen LogP contribution >= 0.6 is 0 Å². The molecule has 2 atom stereocenters. The fraction of sp³-hybridized carbons (Fsp3) is 0.192. The number of benzene rings is 3. The van der Waals surface area contributed by atoms with Crippen LogP contribution in [0.15, 0.2) is 66.7 Å². The molecular weight excluding hydrogens is 402 g/mol. The zero-order chi connectivity index (χ0) is 22.8. The Kier molecular flexibility index (Phi) is 5.77. The maximum atomic E-state index is 13.0. The molecule has 1 aliphatic carbocycles. The van der Waals surface area contributed by atoms with Gasteiger partial charge in [0.2, 0.25) is 0 Å². The Morgan fingerprint density at radius 1 is 0.938 bits per heavy atom. The van der Waals surface area contributed by atoms with E-state index in [0.29, 0.717) is 17.5 Å². The first-order chi connectivity index (χ1) is 15.4. The number of amides is 1. The van der Waals surface area contributed by atoms with E-state index in [1.807, 2.05) is 36.4 Å². The third-order valence-electron chi connectivity index (χ3n) is 5.95. The van der Waals surface area contributed by atoms with Gasteiger partial charge in [-0.2, -0.15) is 0 Å². The summed E-state index contributed by atoms with van der Waals surface area (Å²) >= 11 is 0. The van der Waals surface area contributed by atoms with Crippen molar-refractivity contribution in [2.45, 2.75) is 19.4 Å². The van der Waals surface area contributed by atoms with Crippen LogP contribution in [0.2, 0.25) is 0 Å². The molecule has 0 radical (unpaired) electrons. The lowest BCUT2D eigenvalue weighted by Gasteiger charge is -2.26. The summed E-state index contributed by atoms with van der Waals surface area (Å²) in [7, 11) is 1.34. The number of carbonyl (C=O) groups is 2. The van der Waals surface area contributed by atoms with E-state index >= 15 is 0 Å². The van der Waals surface area contributed by atoms with Crippen LogP contribution < -0.4 is 11.1 Å². The molecule has 0 saturated carbocycles. The van der Waals surface area contributed by atoms with Gasteiger partial charge >= 0.3 is 5.97 Å². The molecule has 3 aromatic rings. The minimum absolute atomic E-state index is 0.0370. The molecule has 0 fully saturated rings. The number of esters is 1. The predicted molar refractivity (Wildman–Crippen MR) is 124 cm³/mol. The summed E-state index contributed by atoms with van der Waals surface area (Å²) in [6.45, 7) is 1.80. The Bertz CT molecular complexity index is 1220. The molecule has 32 heavy (non-hydrogen) atoms. The zero-order valence-corrected chi connectivity index (χ0v) is 18.0. The molecule has 4 rings (SSSR count). The molecule has 0 bridgehead atoms. The van der Waals surface area contributed by atoms with Crippen LogP contribution in [0.4, 0.5) is 0 Å². The standard InChI is InChI=1S/C26H25N3O3/c1-15(22(26(31)32-2)13-16-6-5-7-17(12-16)24(27)28)29-25(30)18-10-11-21-19-8-3-4-9-20(19)23(21)14-18/h3-12,14-15,22H,13H2,1-2H3,(H3,27,28)(H,29,30)/t15-,22?/m1/s1. The summed E-state index contributed by atoms with van der Waals surface area (Å²) in [6, 6.07) is 20.5. The quantitative estimate of drug-likeness (QED) is 0.237. The topological polar surface area (TPSA) is 105 Å². The van der Waals surface area contributed by atoms with Gasteiger partial charge < -0.3 is 15.8 Å². The summed E-state index contributed by atoms with van der Waals surface area (Å²) in [5.41, 5.74) is 12.1. The average Bonchev–Trinajstić information content (AvgIpc) is 2.80. The SMILES string of the molecule is COC(=O)C(Cc1cccc(C(=N)N)c1)[C@@H](C)NC(=O)c1ccc2c(c1)-c1ccccc1-2. The second kappa shape index (κ2) is 8.67. The van der Waals surface area contributed by atoms with Crippen molar-refractivity contribution in [1.82, 2.24) is 5.32 Å². The fourth-order valence-electron chi connectivity index (χ4n) is 4.16. The molecule has 1 amide bonds. The molecule has 0 spiro atoms. The molecule has 6 heteroatoms. The normalized spacial score (nSPS) is 13.1. The lowest BCUT2D eigenvalue weighted by atomic mass is 9.80. The van der Waals surface area contributed by atoms with E-state index in [2.05, 4.69) is 11.4 Å². The third kappa shape index (κ3) is 3.99. The van der Waals surface area contributed by atoms with Crippen molar-refractivity contribution in [3.63, 3.8) is 0 Å². The van der Waals surface area contributed by atoms with Crippen molar-refractivity contribution < 1.29 is 14.3 Å². The van der Waals surface area contributed by atoms with Gasteiger partial charge in [0.25, 0.3) is 5.91 Å². The maximum absolute atomic E-state index is 13.0. The molecule has 0 heterocycles. The molecule has 0 aromatic heterocycles. The highest BCUT2D eigenvalue weighted by Crippen LogP contribution is 2.46. The van der Waals surface area contributed by atoms with Crippen molar-refractivity contribution in [3.8, 4) is 22.3 Å². The van der Waals surface area contributed by atoms with Gasteiger partial charge in [0.15, 0.2) is 0 Å². The van der Waals surface area contributed by atoms with Crippen LogP contribution in [0.25, 0.3) is 22.3 Å². The molecule has 1 unspecified atom stereocenters. The average molecular weight is 428 g/mol. The highest BCUT2D eigenvalue weighted by Gasteiger charge is 2.29. The van der Waals surface area contributed by atoms with Crippen molar-refractivity contribution in [2.24, 2.45) is 11.7 Å². The van der Waals surface area contributed by atoms with Gasteiger partial charge in [-0.1, -0.05) is 48.5 Å². The Balaban J connectivity index is 1.50. The second-order valence-electron chi connectivity index (χ2n) is 8.02. The van der Waals surface area contributed by atoms with Crippen LogP contribution in [-0.4, -0.2) is 30.9 Å². The number of nitrogen functional groups attached to an aromatic ring is 1. The first-order valence-corrected chi connectivity index (χ1v) is 10.4. The van der Waals surface area contributed by atoms with Gasteiger partial charge in [0, 0.05) is 17.2 Å². The molecular formula is C26H25N3O3. The van der Waals surface area contributed by atoms with E-state index in [1.165, 1.54) is 12.7 Å². The highest BCUT2D eigenvalue weighted by molar-refractivity contribution is 6.06. The Morgan fingerprint density at radius 2 is 1.62 bits per heavy atom. The minimum atomic E-state index is -0.585. The number of rotatable bonds is 7. The second-order valence-corrected chi connectivity index (χ2v) is 8.02. The zero-order valence-electron chi connectivity index (χ0n) is 18.0. The Labute approximate surface area is 186 Å². The number of nitrogens with one attached hydrogen (secondary N) is 2. The first kappa shape index (κ1) is 21.3. The summed E-state index contributed by atoms with van der Waals surface area (Å²) in [5.74, 6) is -1.27. The summed E-state index contributed by atoms with van der Waals surface area (Å²) in [6.07, 6.45) is 0.354. The van der Waals surface area contributed by atoms with Crippen LogP contribution in [0.3, 0.4) is 0 Å². The molecule has 6 nitrogen and oxygen atoms in total.